The fourth-order valence-electron chi connectivity index (χ4n) is 1.79. The van der Waals surface area contributed by atoms with Gasteiger partial charge in [-0.25, -0.2) is 0 Å². The van der Waals surface area contributed by atoms with Crippen LogP contribution in [0.1, 0.15) is 11.1 Å². The molecule has 0 aromatic heterocycles. The smallest absolute Gasteiger partial charge is 0.248 e. The molecular formula is C18H18N2O2. The van der Waals surface area contributed by atoms with E-state index in [9.17, 15) is 9.59 Å². The Balaban J connectivity index is 1.87. The highest BCUT2D eigenvalue weighted by atomic mass is 16.2. The highest BCUT2D eigenvalue weighted by molar-refractivity contribution is 6.06. The largest absolute Gasteiger partial charge is 0.323 e. The van der Waals surface area contributed by atoms with Gasteiger partial charge in [0.2, 0.25) is 11.8 Å². The third-order valence-electron chi connectivity index (χ3n) is 3.02. The third kappa shape index (κ3) is 4.90. The molecule has 0 unspecified atom stereocenters. The summed E-state index contributed by atoms with van der Waals surface area (Å²) in [7, 11) is 0. The lowest BCUT2D eigenvalue weighted by Gasteiger charge is -2.03. The van der Waals surface area contributed by atoms with Crippen molar-refractivity contribution in [2.75, 3.05) is 10.6 Å². The van der Waals surface area contributed by atoms with Gasteiger partial charge in [-0.15, -0.1) is 0 Å². The van der Waals surface area contributed by atoms with Gasteiger partial charge in [-0.1, -0.05) is 35.4 Å². The first-order chi connectivity index (χ1) is 10.5. The fraction of sp³-hybridized carbons (Fsp3) is 0.111. The first-order valence-corrected chi connectivity index (χ1v) is 6.96. The summed E-state index contributed by atoms with van der Waals surface area (Å²) in [6.45, 7) is 3.95. The van der Waals surface area contributed by atoms with E-state index in [1.165, 1.54) is 12.2 Å². The van der Waals surface area contributed by atoms with Gasteiger partial charge in [-0.05, 0) is 38.1 Å². The zero-order valence-corrected chi connectivity index (χ0v) is 12.6. The van der Waals surface area contributed by atoms with Crippen molar-refractivity contribution in [1.29, 1.82) is 0 Å². The van der Waals surface area contributed by atoms with Crippen molar-refractivity contribution in [2.24, 2.45) is 0 Å². The maximum Gasteiger partial charge on any atom is 0.248 e. The van der Waals surface area contributed by atoms with Crippen molar-refractivity contribution in [3.63, 3.8) is 0 Å². The van der Waals surface area contributed by atoms with E-state index >= 15 is 0 Å². The highest BCUT2D eigenvalue weighted by Gasteiger charge is 2.01. The third-order valence-corrected chi connectivity index (χ3v) is 3.02. The van der Waals surface area contributed by atoms with Crippen LogP contribution < -0.4 is 10.6 Å². The summed E-state index contributed by atoms with van der Waals surface area (Å²) in [6, 6.07) is 14.9. The van der Waals surface area contributed by atoms with Crippen molar-refractivity contribution in [1.82, 2.24) is 0 Å². The van der Waals surface area contributed by atoms with Crippen molar-refractivity contribution in [3.8, 4) is 0 Å². The second kappa shape index (κ2) is 7.22. The molecule has 0 fully saturated rings. The summed E-state index contributed by atoms with van der Waals surface area (Å²) >= 11 is 0. The molecule has 0 aliphatic rings. The lowest BCUT2D eigenvalue weighted by atomic mass is 10.2. The van der Waals surface area contributed by atoms with Crippen LogP contribution in [-0.2, 0) is 9.59 Å². The molecule has 2 N–H and O–H groups in total. The van der Waals surface area contributed by atoms with E-state index in [1.54, 1.807) is 0 Å². The molecule has 2 aromatic carbocycles. The van der Waals surface area contributed by atoms with E-state index in [4.69, 9.17) is 0 Å². The molecular weight excluding hydrogens is 276 g/mol. The lowest BCUT2D eigenvalue weighted by Crippen LogP contribution is -2.12. The molecule has 0 aliphatic carbocycles. The van der Waals surface area contributed by atoms with Gasteiger partial charge >= 0.3 is 0 Å². The van der Waals surface area contributed by atoms with Gasteiger partial charge in [0.15, 0.2) is 0 Å². The maximum atomic E-state index is 11.7. The van der Waals surface area contributed by atoms with Gasteiger partial charge < -0.3 is 10.6 Å². The molecule has 2 aromatic rings. The Kier molecular flexibility index (Phi) is 5.09. The van der Waals surface area contributed by atoms with Crippen LogP contribution in [0, 0.1) is 13.8 Å². The molecule has 0 bridgehead atoms. The SMILES string of the molecule is Cc1ccc(NC(=O)C=CC(=O)Nc2ccc(C)cc2)cc1. The molecule has 0 radical (unpaired) electrons. The molecule has 0 atom stereocenters. The Morgan fingerprint density at radius 1 is 0.682 bits per heavy atom. The maximum absolute atomic E-state index is 11.7. The minimum absolute atomic E-state index is 0.345. The van der Waals surface area contributed by atoms with E-state index < -0.39 is 0 Å². The summed E-state index contributed by atoms with van der Waals surface area (Å²) in [4.78, 5) is 23.4. The monoisotopic (exact) mass is 294 g/mol. The van der Waals surface area contributed by atoms with Crippen LogP contribution in [0.3, 0.4) is 0 Å². The molecule has 0 saturated heterocycles. The molecule has 0 heterocycles. The van der Waals surface area contributed by atoms with Crippen LogP contribution in [0.4, 0.5) is 11.4 Å². The summed E-state index contributed by atoms with van der Waals surface area (Å²) < 4.78 is 0. The molecule has 22 heavy (non-hydrogen) atoms. The van der Waals surface area contributed by atoms with Crippen LogP contribution in [0.2, 0.25) is 0 Å². The van der Waals surface area contributed by atoms with E-state index in [2.05, 4.69) is 10.6 Å². The number of aryl methyl sites for hydroxylation is 2. The standard InChI is InChI=1S/C18H18N2O2/c1-13-3-7-15(8-4-13)19-17(21)11-12-18(22)20-16-9-5-14(2)6-10-16/h3-12H,1-2H3,(H,19,21)(H,20,22). The Morgan fingerprint density at radius 2 is 1.00 bits per heavy atom. The topological polar surface area (TPSA) is 58.2 Å². The first-order valence-electron chi connectivity index (χ1n) is 6.96. The van der Waals surface area contributed by atoms with E-state index in [0.717, 1.165) is 11.1 Å². The van der Waals surface area contributed by atoms with Crippen LogP contribution in [0.15, 0.2) is 60.7 Å². The number of amides is 2. The van der Waals surface area contributed by atoms with Crippen molar-refractivity contribution in [2.45, 2.75) is 13.8 Å². The second-order valence-electron chi connectivity index (χ2n) is 5.04. The number of nitrogens with one attached hydrogen (secondary N) is 2. The fourth-order valence-corrected chi connectivity index (χ4v) is 1.79. The average molecular weight is 294 g/mol. The zero-order valence-electron chi connectivity index (χ0n) is 12.6. The Morgan fingerprint density at radius 3 is 1.32 bits per heavy atom. The summed E-state index contributed by atoms with van der Waals surface area (Å²) in [5.74, 6) is -0.689. The number of carbonyl (C=O) groups excluding carboxylic acids is 2. The average Bonchev–Trinajstić information content (AvgIpc) is 2.50. The van der Waals surface area contributed by atoms with E-state index in [1.807, 2.05) is 62.4 Å². The molecule has 0 spiro atoms. The zero-order chi connectivity index (χ0) is 15.9. The highest BCUT2D eigenvalue weighted by Crippen LogP contribution is 2.09. The molecule has 0 aliphatic heterocycles. The van der Waals surface area contributed by atoms with E-state index in [0.29, 0.717) is 11.4 Å². The molecule has 2 rings (SSSR count). The molecule has 0 saturated carbocycles. The van der Waals surface area contributed by atoms with Crippen LogP contribution in [-0.4, -0.2) is 11.8 Å². The Labute approximate surface area is 129 Å². The molecule has 2 amide bonds. The Hall–Kier alpha value is -2.88. The first kappa shape index (κ1) is 15.5. The number of benzene rings is 2. The minimum atomic E-state index is -0.345. The van der Waals surface area contributed by atoms with Crippen LogP contribution in [0.25, 0.3) is 0 Å². The lowest BCUT2D eigenvalue weighted by molar-refractivity contribution is -0.114. The van der Waals surface area contributed by atoms with Gasteiger partial charge in [0.25, 0.3) is 0 Å². The van der Waals surface area contributed by atoms with Crippen LogP contribution >= 0.6 is 0 Å². The minimum Gasteiger partial charge on any atom is -0.323 e. The van der Waals surface area contributed by atoms with Crippen molar-refractivity contribution >= 4 is 23.2 Å². The predicted octanol–water partition coefficient (Wildman–Crippen LogP) is 3.44. The normalized spacial score (nSPS) is 10.5. The molecule has 112 valence electrons. The quantitative estimate of drug-likeness (QED) is 0.849. The van der Waals surface area contributed by atoms with Crippen LogP contribution in [0.5, 0.6) is 0 Å². The van der Waals surface area contributed by atoms with Gasteiger partial charge in [0.05, 0.1) is 0 Å². The molecule has 4 heteroatoms. The van der Waals surface area contributed by atoms with Gasteiger partial charge in [0.1, 0.15) is 0 Å². The van der Waals surface area contributed by atoms with Crippen molar-refractivity contribution < 1.29 is 9.59 Å². The number of rotatable bonds is 4. The number of anilines is 2. The van der Waals surface area contributed by atoms with Gasteiger partial charge in [0, 0.05) is 23.5 Å². The summed E-state index contributed by atoms with van der Waals surface area (Å²) in [6.07, 6.45) is 2.42. The van der Waals surface area contributed by atoms with Gasteiger partial charge in [-0.3, -0.25) is 9.59 Å². The van der Waals surface area contributed by atoms with Gasteiger partial charge in [-0.2, -0.15) is 0 Å². The summed E-state index contributed by atoms with van der Waals surface area (Å²) in [5.41, 5.74) is 3.62. The van der Waals surface area contributed by atoms with E-state index in [-0.39, 0.29) is 11.8 Å². The predicted molar refractivity (Wildman–Crippen MR) is 88.8 cm³/mol. The van der Waals surface area contributed by atoms with Crippen molar-refractivity contribution in [3.05, 3.63) is 71.8 Å². The summed E-state index contributed by atoms with van der Waals surface area (Å²) in [5, 5.41) is 5.38. The number of carbonyl (C=O) groups is 2. The number of hydrogen-bond donors (Lipinski definition) is 2. The molecule has 4 nitrogen and oxygen atoms in total. The Bertz CT molecular complexity index is 625. The second-order valence-corrected chi connectivity index (χ2v) is 5.04. The number of hydrogen-bond acceptors (Lipinski definition) is 2.